The lowest BCUT2D eigenvalue weighted by Crippen LogP contribution is -2.28. The van der Waals surface area contributed by atoms with Gasteiger partial charge in [-0.15, -0.1) is 0 Å². The lowest BCUT2D eigenvalue weighted by Gasteiger charge is -2.19. The molecule has 0 aliphatic carbocycles. The maximum atomic E-state index is 14.1. The van der Waals surface area contributed by atoms with Gasteiger partial charge < -0.3 is 9.84 Å². The Hall–Kier alpha value is -4.81. The SMILES string of the molecule is COc1ccc(-c2c(-c3ccccc3C(=O)C(O)c3ccccc3)cnn(C(C)c3ccccc3)c2=O)cc1. The number of ketones is 1. The summed E-state index contributed by atoms with van der Waals surface area (Å²) in [5.41, 5.74) is 3.56. The Balaban J connectivity index is 1.69. The van der Waals surface area contributed by atoms with Gasteiger partial charge in [-0.25, -0.2) is 4.68 Å². The van der Waals surface area contributed by atoms with Crippen LogP contribution in [0, 0.1) is 0 Å². The van der Waals surface area contributed by atoms with Crippen LogP contribution in [0.5, 0.6) is 5.75 Å². The van der Waals surface area contributed by atoms with Gasteiger partial charge in [-0.1, -0.05) is 97.1 Å². The molecule has 0 spiro atoms. The third-order valence-electron chi connectivity index (χ3n) is 6.88. The smallest absolute Gasteiger partial charge is 0.275 e. The van der Waals surface area contributed by atoms with Crippen molar-refractivity contribution in [3.05, 3.63) is 142 Å². The molecule has 1 aromatic heterocycles. The molecule has 6 nitrogen and oxygen atoms in total. The molecule has 0 radical (unpaired) electrons. The molecule has 5 rings (SSSR count). The average molecular weight is 517 g/mol. The first-order valence-electron chi connectivity index (χ1n) is 12.7. The summed E-state index contributed by atoms with van der Waals surface area (Å²) in [5.74, 6) is 0.202. The number of carbonyl (C=O) groups is 1. The zero-order valence-corrected chi connectivity index (χ0v) is 21.7. The third kappa shape index (κ3) is 5.15. The van der Waals surface area contributed by atoms with E-state index in [2.05, 4.69) is 5.10 Å². The molecule has 39 heavy (non-hydrogen) atoms. The van der Waals surface area contributed by atoms with Gasteiger partial charge in [0.15, 0.2) is 5.78 Å². The van der Waals surface area contributed by atoms with E-state index in [4.69, 9.17) is 4.74 Å². The van der Waals surface area contributed by atoms with Crippen molar-refractivity contribution >= 4 is 5.78 Å². The van der Waals surface area contributed by atoms with Crippen LogP contribution < -0.4 is 10.3 Å². The minimum absolute atomic E-state index is 0.292. The number of aliphatic hydroxyl groups is 1. The maximum Gasteiger partial charge on any atom is 0.275 e. The summed E-state index contributed by atoms with van der Waals surface area (Å²) < 4.78 is 6.78. The fourth-order valence-corrected chi connectivity index (χ4v) is 4.72. The van der Waals surface area contributed by atoms with E-state index in [-0.39, 0.29) is 11.6 Å². The molecular weight excluding hydrogens is 488 g/mol. The first kappa shape index (κ1) is 25.8. The molecule has 0 saturated heterocycles. The van der Waals surface area contributed by atoms with Crippen molar-refractivity contribution in [3.63, 3.8) is 0 Å². The van der Waals surface area contributed by atoms with Crippen LogP contribution in [0.2, 0.25) is 0 Å². The van der Waals surface area contributed by atoms with Crippen molar-refractivity contribution in [2.75, 3.05) is 7.11 Å². The highest BCUT2D eigenvalue weighted by molar-refractivity contribution is 6.06. The zero-order valence-electron chi connectivity index (χ0n) is 21.7. The number of Topliss-reactive ketones (excluding diaryl/α,β-unsaturated/α-hetero) is 1. The number of aromatic nitrogens is 2. The number of ether oxygens (including phenoxy) is 1. The van der Waals surface area contributed by atoms with Crippen LogP contribution in [0.4, 0.5) is 0 Å². The summed E-state index contributed by atoms with van der Waals surface area (Å²) in [4.78, 5) is 27.6. The first-order valence-corrected chi connectivity index (χ1v) is 12.7. The van der Waals surface area contributed by atoms with Crippen LogP contribution >= 0.6 is 0 Å². The standard InChI is InChI=1S/C33H28N2O4/c1-22(23-11-5-3-6-12-23)35-33(38)30(24-17-19-26(39-2)20-18-24)29(21-34-35)27-15-9-10-16-28(27)32(37)31(36)25-13-7-4-8-14-25/h3-22,31,36H,1-2H3. The first-order chi connectivity index (χ1) is 19.0. The molecular formula is C33H28N2O4. The molecule has 2 unspecified atom stereocenters. The van der Waals surface area contributed by atoms with Gasteiger partial charge >= 0.3 is 0 Å². The van der Waals surface area contributed by atoms with Crippen molar-refractivity contribution in [1.82, 2.24) is 9.78 Å². The molecule has 6 heteroatoms. The molecule has 0 bridgehead atoms. The van der Waals surface area contributed by atoms with Crippen molar-refractivity contribution in [2.24, 2.45) is 0 Å². The van der Waals surface area contributed by atoms with Crippen LogP contribution in [0.1, 0.15) is 40.6 Å². The van der Waals surface area contributed by atoms with Crippen molar-refractivity contribution in [1.29, 1.82) is 0 Å². The van der Waals surface area contributed by atoms with E-state index in [0.29, 0.717) is 39.1 Å². The van der Waals surface area contributed by atoms with Crippen LogP contribution in [-0.2, 0) is 0 Å². The lowest BCUT2D eigenvalue weighted by molar-refractivity contribution is 0.0748. The van der Waals surface area contributed by atoms with Crippen molar-refractivity contribution < 1.29 is 14.6 Å². The summed E-state index contributed by atoms with van der Waals surface area (Å²) >= 11 is 0. The highest BCUT2D eigenvalue weighted by atomic mass is 16.5. The Morgan fingerprint density at radius 1 is 0.795 bits per heavy atom. The second-order valence-electron chi connectivity index (χ2n) is 9.22. The van der Waals surface area contributed by atoms with Crippen LogP contribution in [-0.4, -0.2) is 27.8 Å². The molecule has 0 fully saturated rings. The molecule has 5 aromatic rings. The van der Waals surface area contributed by atoms with Gasteiger partial charge in [0, 0.05) is 11.1 Å². The van der Waals surface area contributed by atoms with Gasteiger partial charge in [-0.2, -0.15) is 5.10 Å². The highest BCUT2D eigenvalue weighted by Crippen LogP contribution is 2.34. The van der Waals surface area contributed by atoms with Crippen LogP contribution in [0.3, 0.4) is 0 Å². The Labute approximate surface area is 226 Å². The minimum Gasteiger partial charge on any atom is -0.497 e. The summed E-state index contributed by atoms with van der Waals surface area (Å²) in [6.07, 6.45) is 0.282. The molecule has 1 N–H and O–H groups in total. The number of hydrogen-bond donors (Lipinski definition) is 1. The number of aliphatic hydroxyl groups excluding tert-OH is 1. The largest absolute Gasteiger partial charge is 0.497 e. The van der Waals surface area contributed by atoms with E-state index >= 15 is 0 Å². The van der Waals surface area contributed by atoms with Gasteiger partial charge in [0.05, 0.1) is 24.9 Å². The molecule has 0 saturated carbocycles. The molecule has 0 aliphatic rings. The number of nitrogens with zero attached hydrogens (tertiary/aromatic N) is 2. The van der Waals surface area contributed by atoms with E-state index in [1.807, 2.05) is 55.5 Å². The number of rotatable bonds is 8. The topological polar surface area (TPSA) is 81.4 Å². The van der Waals surface area contributed by atoms with Crippen LogP contribution in [0.15, 0.2) is 120 Å². The Kier molecular flexibility index (Phi) is 7.48. The van der Waals surface area contributed by atoms with Crippen molar-refractivity contribution in [3.8, 4) is 28.0 Å². The zero-order chi connectivity index (χ0) is 27.4. The number of hydrogen-bond acceptors (Lipinski definition) is 5. The van der Waals surface area contributed by atoms with Gasteiger partial charge in [-0.05, 0) is 41.3 Å². The van der Waals surface area contributed by atoms with E-state index in [0.717, 1.165) is 5.56 Å². The predicted octanol–water partition coefficient (Wildman–Crippen LogP) is 6.11. The molecule has 0 amide bonds. The Bertz CT molecular complexity index is 1650. The molecule has 2 atom stereocenters. The lowest BCUT2D eigenvalue weighted by atomic mass is 9.90. The minimum atomic E-state index is -1.34. The third-order valence-corrected chi connectivity index (χ3v) is 6.88. The number of benzene rings is 4. The molecule has 0 aliphatic heterocycles. The predicted molar refractivity (Wildman–Crippen MR) is 152 cm³/mol. The monoisotopic (exact) mass is 516 g/mol. The molecule has 4 aromatic carbocycles. The van der Waals surface area contributed by atoms with E-state index in [1.165, 1.54) is 4.68 Å². The van der Waals surface area contributed by atoms with Gasteiger partial charge in [0.25, 0.3) is 5.56 Å². The average Bonchev–Trinajstić information content (AvgIpc) is 3.01. The Morgan fingerprint density at radius 3 is 2.03 bits per heavy atom. The Morgan fingerprint density at radius 2 is 1.38 bits per heavy atom. The fourth-order valence-electron chi connectivity index (χ4n) is 4.72. The second kappa shape index (κ2) is 11.3. The summed E-state index contributed by atoms with van der Waals surface area (Å²) in [5, 5.41) is 15.5. The number of methoxy groups -OCH3 is 1. The maximum absolute atomic E-state index is 14.1. The summed E-state index contributed by atoms with van der Waals surface area (Å²) in [7, 11) is 1.58. The van der Waals surface area contributed by atoms with Crippen molar-refractivity contribution in [2.45, 2.75) is 19.1 Å². The van der Waals surface area contributed by atoms with E-state index < -0.39 is 11.9 Å². The molecule has 1 heterocycles. The second-order valence-corrected chi connectivity index (χ2v) is 9.22. The van der Waals surface area contributed by atoms with Gasteiger partial charge in [-0.3, -0.25) is 9.59 Å². The van der Waals surface area contributed by atoms with Gasteiger partial charge in [0.2, 0.25) is 0 Å². The summed E-state index contributed by atoms with van der Waals surface area (Å²) in [6.45, 7) is 1.93. The van der Waals surface area contributed by atoms with Gasteiger partial charge in [0.1, 0.15) is 11.9 Å². The fraction of sp³-hybridized carbons (Fsp3) is 0.121. The number of carbonyl (C=O) groups excluding carboxylic acids is 1. The molecule has 194 valence electrons. The highest BCUT2D eigenvalue weighted by Gasteiger charge is 2.25. The van der Waals surface area contributed by atoms with E-state index in [9.17, 15) is 14.7 Å². The van der Waals surface area contributed by atoms with Crippen LogP contribution in [0.25, 0.3) is 22.3 Å². The summed E-state index contributed by atoms with van der Waals surface area (Å²) in [6, 6.07) is 32.4. The normalized spacial score (nSPS) is 12.5. The quantitative estimate of drug-likeness (QED) is 0.252. The van der Waals surface area contributed by atoms with E-state index in [1.54, 1.807) is 74.0 Å².